The van der Waals surface area contributed by atoms with Crippen molar-refractivity contribution in [2.75, 3.05) is 33.0 Å². The molecule has 154 valence electrons. The van der Waals surface area contributed by atoms with E-state index in [0.717, 1.165) is 12.0 Å². The van der Waals surface area contributed by atoms with E-state index in [2.05, 4.69) is 0 Å². The van der Waals surface area contributed by atoms with Crippen molar-refractivity contribution in [2.24, 2.45) is 0 Å². The van der Waals surface area contributed by atoms with Gasteiger partial charge in [0.25, 0.3) is 11.8 Å². The fourth-order valence-electron chi connectivity index (χ4n) is 3.32. The highest BCUT2D eigenvalue weighted by molar-refractivity contribution is 6.22. The lowest BCUT2D eigenvalue weighted by atomic mass is 10.1. The Labute approximate surface area is 169 Å². The summed E-state index contributed by atoms with van der Waals surface area (Å²) in [6.45, 7) is 5.65. The highest BCUT2D eigenvalue weighted by atomic mass is 16.6. The van der Waals surface area contributed by atoms with Gasteiger partial charge in [0, 0.05) is 6.61 Å². The van der Waals surface area contributed by atoms with Crippen LogP contribution >= 0.6 is 0 Å². The molecule has 1 aromatic carbocycles. The molecule has 2 aliphatic rings. The van der Waals surface area contributed by atoms with Crippen molar-refractivity contribution in [3.8, 4) is 0 Å². The number of hydrogen-bond donors (Lipinski definition) is 0. The molecule has 1 unspecified atom stereocenters. The van der Waals surface area contributed by atoms with E-state index in [-0.39, 0.29) is 42.2 Å². The molecule has 0 fully saturated rings. The molecule has 1 aliphatic carbocycles. The summed E-state index contributed by atoms with van der Waals surface area (Å²) in [5.41, 5.74) is 1.78. The van der Waals surface area contributed by atoms with E-state index >= 15 is 0 Å². The van der Waals surface area contributed by atoms with Crippen LogP contribution in [0, 0.1) is 0 Å². The van der Waals surface area contributed by atoms with Gasteiger partial charge in [0.15, 0.2) is 0 Å². The van der Waals surface area contributed by atoms with E-state index < -0.39 is 5.97 Å². The zero-order valence-corrected chi connectivity index (χ0v) is 16.7. The minimum atomic E-state index is -0.560. The van der Waals surface area contributed by atoms with Crippen molar-refractivity contribution in [2.45, 2.75) is 26.3 Å². The third-order valence-corrected chi connectivity index (χ3v) is 4.91. The third-order valence-electron chi connectivity index (χ3n) is 4.91. The first-order valence-electron chi connectivity index (χ1n) is 9.74. The Hall–Kier alpha value is -2.77. The number of esters is 1. The molecular weight excluding hydrogens is 374 g/mol. The Kier molecular flexibility index (Phi) is 6.95. The van der Waals surface area contributed by atoms with Crippen LogP contribution in [0.1, 0.15) is 51.3 Å². The van der Waals surface area contributed by atoms with Gasteiger partial charge in [0.1, 0.15) is 6.61 Å². The maximum Gasteiger partial charge on any atom is 0.338 e. The summed E-state index contributed by atoms with van der Waals surface area (Å²) in [4.78, 5) is 39.1. The van der Waals surface area contributed by atoms with Crippen LogP contribution in [0.3, 0.4) is 0 Å². The number of nitrogens with zero attached hydrogens (tertiary/aromatic N) is 1. The van der Waals surface area contributed by atoms with Gasteiger partial charge in [-0.15, -0.1) is 0 Å². The Morgan fingerprint density at radius 2 is 1.79 bits per heavy atom. The number of ether oxygens (including phenoxy) is 3. The second-order valence-electron chi connectivity index (χ2n) is 6.74. The number of benzene rings is 1. The Morgan fingerprint density at radius 1 is 1.07 bits per heavy atom. The highest BCUT2D eigenvalue weighted by Gasteiger charge is 2.39. The maximum atomic E-state index is 12.8. The van der Waals surface area contributed by atoms with E-state index in [1.807, 2.05) is 32.1 Å². The lowest BCUT2D eigenvalue weighted by Gasteiger charge is -2.23. The highest BCUT2D eigenvalue weighted by Crippen LogP contribution is 2.30. The Balaban J connectivity index is 1.60. The molecule has 0 saturated heterocycles. The molecule has 0 radical (unpaired) electrons. The SMILES string of the molecule is CCOCCOCCOC(=O)c1ccc2c(c1)C(=O)N(C(C)C1=CC=CC1)C2=O. The normalized spacial score (nSPS) is 16.2. The molecule has 1 atom stereocenters. The smallest absolute Gasteiger partial charge is 0.338 e. The number of hydrogen-bond acceptors (Lipinski definition) is 6. The Bertz CT molecular complexity index is 857. The van der Waals surface area contributed by atoms with Gasteiger partial charge in [0.05, 0.1) is 42.6 Å². The number of amides is 2. The topological polar surface area (TPSA) is 82.1 Å². The number of imide groups is 1. The molecular formula is C22H25NO6. The zero-order valence-electron chi connectivity index (χ0n) is 16.7. The molecule has 0 bridgehead atoms. The van der Waals surface area contributed by atoms with Gasteiger partial charge in [-0.05, 0) is 44.0 Å². The van der Waals surface area contributed by atoms with Crippen LogP contribution in [0.25, 0.3) is 0 Å². The van der Waals surface area contributed by atoms with Crippen LogP contribution < -0.4 is 0 Å². The molecule has 1 heterocycles. The summed E-state index contributed by atoms with van der Waals surface area (Å²) < 4.78 is 15.6. The van der Waals surface area contributed by atoms with Crippen LogP contribution in [0.15, 0.2) is 42.0 Å². The van der Waals surface area contributed by atoms with E-state index in [1.165, 1.54) is 23.1 Å². The molecule has 7 heteroatoms. The predicted molar refractivity (Wildman–Crippen MR) is 106 cm³/mol. The van der Waals surface area contributed by atoms with Crippen molar-refractivity contribution in [3.63, 3.8) is 0 Å². The summed E-state index contributed by atoms with van der Waals surface area (Å²) in [6, 6.07) is 4.12. The Morgan fingerprint density at radius 3 is 2.52 bits per heavy atom. The van der Waals surface area contributed by atoms with E-state index in [0.29, 0.717) is 25.4 Å². The van der Waals surface area contributed by atoms with Gasteiger partial charge in [-0.3, -0.25) is 14.5 Å². The maximum absolute atomic E-state index is 12.8. The number of carbonyl (C=O) groups excluding carboxylic acids is 3. The minimum absolute atomic E-state index is 0.0965. The van der Waals surface area contributed by atoms with Crippen molar-refractivity contribution < 1.29 is 28.6 Å². The van der Waals surface area contributed by atoms with E-state index in [1.54, 1.807) is 0 Å². The average Bonchev–Trinajstić information content (AvgIpc) is 3.34. The minimum Gasteiger partial charge on any atom is -0.460 e. The number of fused-ring (bicyclic) bond motifs is 1. The second-order valence-corrected chi connectivity index (χ2v) is 6.74. The average molecular weight is 399 g/mol. The molecule has 0 N–H and O–H groups in total. The van der Waals surface area contributed by atoms with E-state index in [4.69, 9.17) is 14.2 Å². The van der Waals surface area contributed by atoms with Crippen LogP contribution in [-0.2, 0) is 14.2 Å². The van der Waals surface area contributed by atoms with Gasteiger partial charge in [-0.1, -0.05) is 18.2 Å². The molecule has 2 amide bonds. The largest absolute Gasteiger partial charge is 0.460 e. The first kappa shape index (κ1) is 21.0. The monoisotopic (exact) mass is 399 g/mol. The van der Waals surface area contributed by atoms with Crippen molar-refractivity contribution in [1.82, 2.24) is 4.90 Å². The molecule has 0 aromatic heterocycles. The lowest BCUT2D eigenvalue weighted by Crippen LogP contribution is -2.38. The number of carbonyl (C=O) groups is 3. The predicted octanol–water partition coefficient (Wildman–Crippen LogP) is 2.77. The molecule has 29 heavy (non-hydrogen) atoms. The summed E-state index contributed by atoms with van der Waals surface area (Å²) >= 11 is 0. The fraction of sp³-hybridized carbons (Fsp3) is 0.409. The lowest BCUT2D eigenvalue weighted by molar-refractivity contribution is 0.0164. The van der Waals surface area contributed by atoms with Crippen LogP contribution in [-0.4, -0.2) is 61.8 Å². The number of rotatable bonds is 10. The van der Waals surface area contributed by atoms with Gasteiger partial charge in [-0.2, -0.15) is 0 Å². The molecule has 7 nitrogen and oxygen atoms in total. The standard InChI is InChI=1S/C22H25NO6/c1-3-27-10-11-28-12-13-29-22(26)17-8-9-18-19(14-17)21(25)23(20(18)24)15(2)16-6-4-5-7-16/h4-6,8-9,14-15H,3,7,10-13H2,1-2H3. The fourth-order valence-corrected chi connectivity index (χ4v) is 3.32. The third kappa shape index (κ3) is 4.63. The summed E-state index contributed by atoms with van der Waals surface area (Å²) in [7, 11) is 0. The summed E-state index contributed by atoms with van der Waals surface area (Å²) in [6.07, 6.45) is 6.55. The van der Waals surface area contributed by atoms with E-state index in [9.17, 15) is 14.4 Å². The summed E-state index contributed by atoms with van der Waals surface area (Å²) in [5, 5.41) is 0. The molecule has 3 rings (SSSR count). The van der Waals surface area contributed by atoms with Gasteiger partial charge >= 0.3 is 5.97 Å². The van der Waals surface area contributed by atoms with Crippen LogP contribution in [0.2, 0.25) is 0 Å². The summed E-state index contributed by atoms with van der Waals surface area (Å²) in [5.74, 6) is -1.29. The van der Waals surface area contributed by atoms with Crippen molar-refractivity contribution >= 4 is 17.8 Å². The van der Waals surface area contributed by atoms with Crippen molar-refractivity contribution in [3.05, 3.63) is 58.7 Å². The van der Waals surface area contributed by atoms with Gasteiger partial charge in [0.2, 0.25) is 0 Å². The molecule has 1 aliphatic heterocycles. The molecule has 1 aromatic rings. The second kappa shape index (κ2) is 9.62. The molecule has 0 spiro atoms. The first-order valence-corrected chi connectivity index (χ1v) is 9.74. The van der Waals surface area contributed by atoms with Gasteiger partial charge < -0.3 is 14.2 Å². The first-order chi connectivity index (χ1) is 14.0. The molecule has 0 saturated carbocycles. The van der Waals surface area contributed by atoms with Gasteiger partial charge in [-0.25, -0.2) is 4.79 Å². The van der Waals surface area contributed by atoms with Crippen molar-refractivity contribution in [1.29, 1.82) is 0 Å². The number of allylic oxidation sites excluding steroid dienone is 3. The van der Waals surface area contributed by atoms with Crippen LogP contribution in [0.5, 0.6) is 0 Å². The van der Waals surface area contributed by atoms with Crippen LogP contribution in [0.4, 0.5) is 0 Å². The quantitative estimate of drug-likeness (QED) is 0.342. The zero-order chi connectivity index (χ0) is 20.8.